The minimum atomic E-state index is -0.457. The Kier molecular flexibility index (Phi) is 7.67. The number of ether oxygens (including phenoxy) is 4. The normalized spacial score (nSPS) is 12.6. The fourth-order valence-electron chi connectivity index (χ4n) is 3.28. The second kappa shape index (κ2) is 10.6. The van der Waals surface area contributed by atoms with Crippen molar-refractivity contribution in [1.82, 2.24) is 0 Å². The number of carbonyl (C=O) groups excluding carboxylic acids is 1. The molecule has 154 valence electrons. The molecule has 1 aliphatic carbocycles. The van der Waals surface area contributed by atoms with Crippen LogP contribution in [0, 0.1) is 0 Å². The molecule has 0 saturated heterocycles. The van der Waals surface area contributed by atoms with Gasteiger partial charge in [0.25, 0.3) is 0 Å². The molecule has 0 aliphatic heterocycles. The second-order valence-electron chi connectivity index (χ2n) is 6.50. The minimum Gasteiger partial charge on any atom is -0.507 e. The summed E-state index contributed by atoms with van der Waals surface area (Å²) in [6.07, 6.45) is 6.74. The molecule has 1 N–H and O–H groups in total. The van der Waals surface area contributed by atoms with Gasteiger partial charge in [0.2, 0.25) is 0 Å². The van der Waals surface area contributed by atoms with E-state index in [0.29, 0.717) is 45.2 Å². The minimum absolute atomic E-state index is 0.196. The van der Waals surface area contributed by atoms with Crippen molar-refractivity contribution < 1.29 is 28.8 Å². The van der Waals surface area contributed by atoms with Crippen molar-refractivity contribution in [3.63, 3.8) is 0 Å². The van der Waals surface area contributed by atoms with E-state index in [1.54, 1.807) is 0 Å². The largest absolute Gasteiger partial charge is 0.507 e. The predicted molar refractivity (Wildman–Crippen MR) is 110 cm³/mol. The van der Waals surface area contributed by atoms with Crippen LogP contribution in [-0.2, 0) is 31.8 Å². The molecule has 3 rings (SSSR count). The molecule has 0 unspecified atom stereocenters. The second-order valence-corrected chi connectivity index (χ2v) is 6.50. The highest BCUT2D eigenvalue weighted by atomic mass is 16.6. The number of carbonyl (C=O) groups is 1. The molecule has 0 saturated carbocycles. The molecule has 2 aromatic rings. The summed E-state index contributed by atoms with van der Waals surface area (Å²) in [5.41, 5.74) is 1.98. The van der Waals surface area contributed by atoms with Crippen molar-refractivity contribution in [2.45, 2.75) is 12.8 Å². The van der Waals surface area contributed by atoms with E-state index in [0.717, 1.165) is 40.1 Å². The monoisotopic (exact) mass is 398 g/mol. The lowest BCUT2D eigenvalue weighted by Gasteiger charge is -2.21. The Morgan fingerprint density at radius 1 is 0.931 bits per heavy atom. The third-order valence-electron chi connectivity index (χ3n) is 4.65. The number of aromatic hydroxyl groups is 1. The van der Waals surface area contributed by atoms with Crippen LogP contribution in [0.2, 0.25) is 0 Å². The van der Waals surface area contributed by atoms with Crippen molar-refractivity contribution in [3.05, 3.63) is 60.2 Å². The van der Waals surface area contributed by atoms with Gasteiger partial charge in [-0.2, -0.15) is 0 Å². The lowest BCUT2D eigenvalue weighted by molar-refractivity contribution is -0.139. The molecule has 0 atom stereocenters. The van der Waals surface area contributed by atoms with Gasteiger partial charge in [-0.3, -0.25) is 0 Å². The first kappa shape index (κ1) is 20.9. The van der Waals surface area contributed by atoms with Gasteiger partial charge in [0.15, 0.2) is 0 Å². The molecule has 29 heavy (non-hydrogen) atoms. The van der Waals surface area contributed by atoms with Crippen molar-refractivity contribution in [2.75, 3.05) is 39.6 Å². The maximum atomic E-state index is 10.9. The highest BCUT2D eigenvalue weighted by molar-refractivity contribution is 5.96. The predicted octanol–water partition coefficient (Wildman–Crippen LogP) is 3.34. The van der Waals surface area contributed by atoms with E-state index >= 15 is 0 Å². The van der Waals surface area contributed by atoms with Crippen molar-refractivity contribution in [3.8, 4) is 11.5 Å². The highest BCUT2D eigenvalue weighted by Crippen LogP contribution is 2.42. The standard InChI is InChI=1S/C23H26O6/c1-2-21(24)28-15-13-26-11-12-27-14-16-29-23-19-9-5-3-7-17(19)22(25)18-8-4-6-10-20(18)23/h2-7,9,25H,1,8,10-16H2. The van der Waals surface area contributed by atoms with Gasteiger partial charge in [-0.25, -0.2) is 4.79 Å². The Labute approximate surface area is 170 Å². The maximum Gasteiger partial charge on any atom is 0.330 e. The summed E-state index contributed by atoms with van der Waals surface area (Å²) in [5.74, 6) is 0.711. The molecule has 6 nitrogen and oxygen atoms in total. The average Bonchev–Trinajstić information content (AvgIpc) is 2.76. The molecule has 0 amide bonds. The van der Waals surface area contributed by atoms with Gasteiger partial charge < -0.3 is 24.1 Å². The molecule has 6 heteroatoms. The van der Waals surface area contributed by atoms with E-state index < -0.39 is 5.97 Å². The maximum absolute atomic E-state index is 10.9. The van der Waals surface area contributed by atoms with Crippen molar-refractivity contribution >= 4 is 16.7 Å². The van der Waals surface area contributed by atoms with Gasteiger partial charge in [-0.1, -0.05) is 43.0 Å². The van der Waals surface area contributed by atoms with E-state index in [9.17, 15) is 9.90 Å². The van der Waals surface area contributed by atoms with Crippen LogP contribution in [0.5, 0.6) is 11.5 Å². The SMILES string of the molecule is C=CC(=O)OCCOCCOCCOc1c2c(c(O)c3ccccc13)CC=CC2. The van der Waals surface area contributed by atoms with Crippen LogP contribution in [0.3, 0.4) is 0 Å². The van der Waals surface area contributed by atoms with Crippen LogP contribution in [0.25, 0.3) is 10.8 Å². The van der Waals surface area contributed by atoms with Gasteiger partial charge in [0, 0.05) is 28.0 Å². The molecular weight excluding hydrogens is 372 g/mol. The molecule has 0 heterocycles. The number of esters is 1. The Balaban J connectivity index is 1.46. The summed E-state index contributed by atoms with van der Waals surface area (Å²) in [4.78, 5) is 10.9. The van der Waals surface area contributed by atoms with Crippen LogP contribution in [0.15, 0.2) is 49.1 Å². The lowest BCUT2D eigenvalue weighted by Crippen LogP contribution is -2.14. The first-order valence-electron chi connectivity index (χ1n) is 9.70. The molecular formula is C23H26O6. The Bertz CT molecular complexity index is 887. The van der Waals surface area contributed by atoms with E-state index in [4.69, 9.17) is 18.9 Å². The van der Waals surface area contributed by atoms with E-state index in [1.807, 2.05) is 24.3 Å². The number of rotatable bonds is 11. The third kappa shape index (κ3) is 5.37. The van der Waals surface area contributed by atoms with E-state index in [1.165, 1.54) is 0 Å². The van der Waals surface area contributed by atoms with Crippen LogP contribution in [-0.4, -0.2) is 50.7 Å². The summed E-state index contributed by atoms with van der Waals surface area (Å²) in [6.45, 7) is 5.50. The molecule has 0 radical (unpaired) electrons. The van der Waals surface area contributed by atoms with Crippen molar-refractivity contribution in [2.24, 2.45) is 0 Å². The summed E-state index contributed by atoms with van der Waals surface area (Å²) >= 11 is 0. The number of fused-ring (bicyclic) bond motifs is 2. The number of hydrogen-bond acceptors (Lipinski definition) is 6. The fourth-order valence-corrected chi connectivity index (χ4v) is 3.28. The van der Waals surface area contributed by atoms with Crippen LogP contribution < -0.4 is 4.74 Å². The van der Waals surface area contributed by atoms with Crippen LogP contribution in [0.1, 0.15) is 11.1 Å². The zero-order chi connectivity index (χ0) is 20.5. The van der Waals surface area contributed by atoms with E-state index in [-0.39, 0.29) is 6.61 Å². The number of allylic oxidation sites excluding steroid dienone is 2. The lowest BCUT2D eigenvalue weighted by atomic mass is 9.91. The van der Waals surface area contributed by atoms with Crippen LogP contribution in [0.4, 0.5) is 0 Å². The first-order chi connectivity index (χ1) is 14.2. The zero-order valence-corrected chi connectivity index (χ0v) is 16.4. The molecule has 1 aliphatic rings. The van der Waals surface area contributed by atoms with Gasteiger partial charge in [0.05, 0.1) is 26.4 Å². The van der Waals surface area contributed by atoms with Gasteiger partial charge in [-0.15, -0.1) is 0 Å². The topological polar surface area (TPSA) is 74.2 Å². The Morgan fingerprint density at radius 2 is 1.55 bits per heavy atom. The summed E-state index contributed by atoms with van der Waals surface area (Å²) in [6, 6.07) is 7.74. The average molecular weight is 398 g/mol. The smallest absolute Gasteiger partial charge is 0.330 e. The molecule has 0 aromatic heterocycles. The molecule has 0 bridgehead atoms. The van der Waals surface area contributed by atoms with Gasteiger partial charge in [0.1, 0.15) is 24.7 Å². The number of phenolic OH excluding ortho intramolecular Hbond substituents is 1. The number of hydrogen-bond donors (Lipinski definition) is 1. The molecule has 0 spiro atoms. The number of phenols is 1. The number of benzene rings is 2. The van der Waals surface area contributed by atoms with E-state index in [2.05, 4.69) is 18.7 Å². The third-order valence-corrected chi connectivity index (χ3v) is 4.65. The summed E-state index contributed by atoms with van der Waals surface area (Å²) in [5, 5.41) is 12.4. The molecule has 0 fully saturated rings. The summed E-state index contributed by atoms with van der Waals surface area (Å²) < 4.78 is 21.8. The molecule has 2 aromatic carbocycles. The summed E-state index contributed by atoms with van der Waals surface area (Å²) in [7, 11) is 0. The zero-order valence-electron chi connectivity index (χ0n) is 16.4. The highest BCUT2D eigenvalue weighted by Gasteiger charge is 2.20. The Morgan fingerprint density at radius 3 is 2.28 bits per heavy atom. The quantitative estimate of drug-likeness (QED) is 0.271. The first-order valence-corrected chi connectivity index (χ1v) is 9.70. The van der Waals surface area contributed by atoms with Crippen molar-refractivity contribution in [1.29, 1.82) is 0 Å². The Hall–Kier alpha value is -2.83. The van der Waals surface area contributed by atoms with Gasteiger partial charge >= 0.3 is 5.97 Å². The van der Waals surface area contributed by atoms with Gasteiger partial charge in [-0.05, 0) is 12.8 Å². The van der Waals surface area contributed by atoms with Crippen LogP contribution >= 0.6 is 0 Å². The fraction of sp³-hybridized carbons (Fsp3) is 0.348.